The zero-order valence-corrected chi connectivity index (χ0v) is 15.4. The zero-order valence-electron chi connectivity index (χ0n) is 15.4. The average molecular weight is 368 g/mol. The molecular formula is C21H24N2O4. The maximum Gasteiger partial charge on any atom is 0.303 e. The van der Waals surface area contributed by atoms with E-state index >= 15 is 0 Å². The van der Waals surface area contributed by atoms with E-state index < -0.39 is 11.9 Å². The first-order valence-electron chi connectivity index (χ1n) is 8.93. The number of hydrazone groups is 1. The summed E-state index contributed by atoms with van der Waals surface area (Å²) >= 11 is 0. The second-order valence-corrected chi connectivity index (χ2v) is 6.04. The minimum absolute atomic E-state index is 0.0653. The molecule has 0 spiro atoms. The highest BCUT2D eigenvalue weighted by molar-refractivity contribution is 6.02. The molecule has 2 N–H and O–H groups in total. The van der Waals surface area contributed by atoms with E-state index in [-0.39, 0.29) is 19.4 Å². The lowest BCUT2D eigenvalue weighted by atomic mass is 10.1. The van der Waals surface area contributed by atoms with Gasteiger partial charge >= 0.3 is 5.97 Å². The van der Waals surface area contributed by atoms with Crippen LogP contribution < -0.4 is 10.2 Å². The van der Waals surface area contributed by atoms with Gasteiger partial charge < -0.3 is 9.84 Å². The number of carbonyl (C=O) groups is 2. The number of carboxylic acid groups (broad SMARTS) is 1. The third-order valence-corrected chi connectivity index (χ3v) is 3.83. The van der Waals surface area contributed by atoms with Crippen molar-refractivity contribution in [3.05, 3.63) is 65.7 Å². The van der Waals surface area contributed by atoms with Gasteiger partial charge in [0.25, 0.3) is 5.91 Å². The standard InChI is InChI=1S/C21H24N2O4/c1-2-6-16-9-11-18(12-10-16)27-15-20(24)23-22-19(13-14-21(25)26)17-7-4-3-5-8-17/h3-5,7-12H,2,6,13-15H2,1H3,(H,23,24)(H,25,26). The minimum atomic E-state index is -0.917. The summed E-state index contributed by atoms with van der Waals surface area (Å²) in [4.78, 5) is 22.8. The predicted octanol–water partition coefficient (Wildman–Crippen LogP) is 3.40. The van der Waals surface area contributed by atoms with Gasteiger partial charge in [0, 0.05) is 6.42 Å². The van der Waals surface area contributed by atoms with Gasteiger partial charge in [-0.2, -0.15) is 5.10 Å². The number of amides is 1. The van der Waals surface area contributed by atoms with E-state index in [4.69, 9.17) is 9.84 Å². The van der Waals surface area contributed by atoms with Crippen molar-refractivity contribution in [2.24, 2.45) is 5.10 Å². The molecule has 1 amide bonds. The second kappa shape index (κ2) is 10.8. The molecule has 0 heterocycles. The number of benzene rings is 2. The molecule has 27 heavy (non-hydrogen) atoms. The number of rotatable bonds is 10. The van der Waals surface area contributed by atoms with Gasteiger partial charge in [0.15, 0.2) is 6.61 Å². The number of carboxylic acids is 1. The van der Waals surface area contributed by atoms with Gasteiger partial charge in [-0.05, 0) is 29.7 Å². The highest BCUT2D eigenvalue weighted by Gasteiger charge is 2.08. The first-order chi connectivity index (χ1) is 13.1. The first-order valence-corrected chi connectivity index (χ1v) is 8.93. The van der Waals surface area contributed by atoms with Crippen molar-refractivity contribution >= 4 is 17.6 Å². The molecule has 6 heteroatoms. The van der Waals surface area contributed by atoms with Crippen molar-refractivity contribution in [2.75, 3.05) is 6.61 Å². The molecular weight excluding hydrogens is 344 g/mol. The third-order valence-electron chi connectivity index (χ3n) is 3.83. The molecule has 0 radical (unpaired) electrons. The summed E-state index contributed by atoms with van der Waals surface area (Å²) in [6.45, 7) is 1.95. The summed E-state index contributed by atoms with van der Waals surface area (Å²) in [6, 6.07) is 16.8. The van der Waals surface area contributed by atoms with Crippen LogP contribution in [0.15, 0.2) is 59.7 Å². The number of carbonyl (C=O) groups excluding carboxylic acids is 1. The van der Waals surface area contributed by atoms with Crippen LogP contribution in [-0.2, 0) is 16.0 Å². The molecule has 0 aliphatic carbocycles. The van der Waals surface area contributed by atoms with Crippen molar-refractivity contribution in [1.29, 1.82) is 0 Å². The molecule has 142 valence electrons. The van der Waals surface area contributed by atoms with Crippen LogP contribution in [-0.4, -0.2) is 29.3 Å². The highest BCUT2D eigenvalue weighted by atomic mass is 16.5. The van der Waals surface area contributed by atoms with Gasteiger partial charge in [-0.15, -0.1) is 0 Å². The molecule has 0 aliphatic rings. The van der Waals surface area contributed by atoms with E-state index in [0.717, 1.165) is 18.4 Å². The number of nitrogens with zero attached hydrogens (tertiary/aromatic N) is 1. The summed E-state index contributed by atoms with van der Waals surface area (Å²) in [5.74, 6) is -0.709. The average Bonchev–Trinajstić information content (AvgIpc) is 2.68. The van der Waals surface area contributed by atoms with Gasteiger partial charge in [-0.1, -0.05) is 55.8 Å². The van der Waals surface area contributed by atoms with Crippen molar-refractivity contribution in [1.82, 2.24) is 5.43 Å². The van der Waals surface area contributed by atoms with E-state index in [0.29, 0.717) is 11.5 Å². The van der Waals surface area contributed by atoms with Crippen LogP contribution in [0.25, 0.3) is 0 Å². The van der Waals surface area contributed by atoms with Crippen molar-refractivity contribution < 1.29 is 19.4 Å². The maximum atomic E-state index is 12.0. The van der Waals surface area contributed by atoms with Gasteiger partial charge in [0.1, 0.15) is 5.75 Å². The predicted molar refractivity (Wildman–Crippen MR) is 104 cm³/mol. The Labute approximate surface area is 158 Å². The van der Waals surface area contributed by atoms with Crippen LogP contribution in [0.4, 0.5) is 0 Å². The van der Waals surface area contributed by atoms with Crippen LogP contribution >= 0.6 is 0 Å². The Balaban J connectivity index is 1.92. The number of aryl methyl sites for hydroxylation is 1. The van der Waals surface area contributed by atoms with Crippen molar-refractivity contribution in [3.8, 4) is 5.75 Å². The van der Waals surface area contributed by atoms with Crippen LogP contribution in [0.2, 0.25) is 0 Å². The van der Waals surface area contributed by atoms with Gasteiger partial charge in [0.2, 0.25) is 0 Å². The van der Waals surface area contributed by atoms with Gasteiger partial charge in [-0.3, -0.25) is 9.59 Å². The highest BCUT2D eigenvalue weighted by Crippen LogP contribution is 2.13. The Kier molecular flexibility index (Phi) is 8.03. The van der Waals surface area contributed by atoms with Crippen LogP contribution in [0.5, 0.6) is 5.75 Å². The Morgan fingerprint density at radius 1 is 1.04 bits per heavy atom. The molecule has 0 atom stereocenters. The number of aliphatic carboxylic acids is 1. The maximum absolute atomic E-state index is 12.0. The third kappa shape index (κ3) is 7.32. The van der Waals surface area contributed by atoms with Gasteiger partial charge in [-0.25, -0.2) is 5.43 Å². The van der Waals surface area contributed by atoms with Crippen LogP contribution in [0, 0.1) is 0 Å². The molecule has 0 saturated heterocycles. The fourth-order valence-electron chi connectivity index (χ4n) is 2.47. The van der Waals surface area contributed by atoms with Crippen LogP contribution in [0.1, 0.15) is 37.3 Å². The molecule has 2 rings (SSSR count). The molecule has 0 bridgehead atoms. The largest absolute Gasteiger partial charge is 0.484 e. The van der Waals surface area contributed by atoms with E-state index in [1.807, 2.05) is 54.6 Å². The van der Waals surface area contributed by atoms with Gasteiger partial charge in [0.05, 0.1) is 12.1 Å². The number of hydrogen-bond acceptors (Lipinski definition) is 4. The Morgan fingerprint density at radius 2 is 1.74 bits per heavy atom. The Bertz CT molecular complexity index is 771. The topological polar surface area (TPSA) is 88.0 Å². The van der Waals surface area contributed by atoms with E-state index in [2.05, 4.69) is 17.5 Å². The smallest absolute Gasteiger partial charge is 0.303 e. The van der Waals surface area contributed by atoms with E-state index in [9.17, 15) is 9.59 Å². The molecule has 0 unspecified atom stereocenters. The monoisotopic (exact) mass is 368 g/mol. The Morgan fingerprint density at radius 3 is 2.37 bits per heavy atom. The molecule has 0 aromatic heterocycles. The lowest BCUT2D eigenvalue weighted by Gasteiger charge is -2.08. The summed E-state index contributed by atoms with van der Waals surface area (Å²) in [6.07, 6.45) is 2.24. The van der Waals surface area contributed by atoms with Crippen molar-refractivity contribution in [2.45, 2.75) is 32.6 Å². The molecule has 2 aromatic rings. The summed E-state index contributed by atoms with van der Waals surface area (Å²) in [5.41, 5.74) is 4.94. The normalized spacial score (nSPS) is 11.1. The lowest BCUT2D eigenvalue weighted by molar-refractivity contribution is -0.136. The quantitative estimate of drug-likeness (QED) is 0.497. The SMILES string of the molecule is CCCc1ccc(OCC(=O)NN=C(CCC(=O)O)c2ccccc2)cc1. The number of ether oxygens (including phenoxy) is 1. The fourth-order valence-corrected chi connectivity index (χ4v) is 2.47. The summed E-state index contributed by atoms with van der Waals surface area (Å²) < 4.78 is 5.46. The molecule has 0 aliphatic heterocycles. The van der Waals surface area contributed by atoms with Crippen molar-refractivity contribution in [3.63, 3.8) is 0 Å². The molecule has 6 nitrogen and oxygen atoms in total. The first kappa shape index (κ1) is 20.2. The second-order valence-electron chi connectivity index (χ2n) is 6.04. The van der Waals surface area contributed by atoms with Crippen LogP contribution in [0.3, 0.4) is 0 Å². The van der Waals surface area contributed by atoms with E-state index in [1.54, 1.807) is 0 Å². The molecule has 0 fully saturated rings. The fraction of sp³-hybridized carbons (Fsp3) is 0.286. The minimum Gasteiger partial charge on any atom is -0.484 e. The lowest BCUT2D eigenvalue weighted by Crippen LogP contribution is -2.26. The number of nitrogens with one attached hydrogen (secondary N) is 1. The van der Waals surface area contributed by atoms with E-state index in [1.165, 1.54) is 5.56 Å². The summed E-state index contributed by atoms with van der Waals surface area (Å²) in [7, 11) is 0. The molecule has 0 saturated carbocycles. The molecule has 2 aromatic carbocycles. The summed E-state index contributed by atoms with van der Waals surface area (Å²) in [5, 5.41) is 13.0. The number of hydrogen-bond donors (Lipinski definition) is 2. The zero-order chi connectivity index (χ0) is 19.5. The Hall–Kier alpha value is -3.15.